The Morgan fingerprint density at radius 3 is 1.75 bits per heavy atom. The Bertz CT molecular complexity index is 29.5. The van der Waals surface area contributed by atoms with Crippen molar-refractivity contribution in [1.82, 2.24) is 0 Å². The Kier molecular flexibility index (Phi) is 24.5. The van der Waals surface area contributed by atoms with E-state index in [0.717, 1.165) is 0 Å². The molecule has 0 saturated carbocycles. The molecular formula is CH3BLiN. The third-order valence-electron chi connectivity index (χ3n) is 0. The molecule has 16 valence electrons. The SMILES string of the molecule is BC#N.[LiH]. The first-order valence-corrected chi connectivity index (χ1v) is 0.724. The van der Waals surface area contributed by atoms with E-state index in [4.69, 9.17) is 5.26 Å². The number of hydrogen-bond acceptors (Lipinski definition) is 1. The molecule has 0 atom stereocenters. The van der Waals surface area contributed by atoms with Gasteiger partial charge in [-0.3, -0.25) is 0 Å². The molecule has 1 nitrogen and oxygen atoms in total. The van der Waals surface area contributed by atoms with E-state index in [1.807, 2.05) is 0 Å². The summed E-state index contributed by atoms with van der Waals surface area (Å²) < 4.78 is 0. The summed E-state index contributed by atoms with van der Waals surface area (Å²) in [7, 11) is 1.43. The maximum absolute atomic E-state index is 7.32. The van der Waals surface area contributed by atoms with Crippen LogP contribution in [0.2, 0.25) is 0 Å². The van der Waals surface area contributed by atoms with Crippen LogP contribution >= 0.6 is 0 Å². The van der Waals surface area contributed by atoms with Gasteiger partial charge in [-0.2, -0.15) is 0 Å². The second-order valence-corrected chi connectivity index (χ2v) is 0.224. The van der Waals surface area contributed by atoms with E-state index in [1.165, 1.54) is 7.85 Å². The van der Waals surface area contributed by atoms with Gasteiger partial charge in [-0.05, 0) is 5.97 Å². The van der Waals surface area contributed by atoms with Crippen molar-refractivity contribution in [2.45, 2.75) is 0 Å². The predicted octanol–water partition coefficient (Wildman–Crippen LogP) is -1.55. The predicted molar refractivity (Wildman–Crippen MR) is 21.3 cm³/mol. The topological polar surface area (TPSA) is 23.8 Å². The van der Waals surface area contributed by atoms with Crippen LogP contribution in [0.15, 0.2) is 0 Å². The van der Waals surface area contributed by atoms with Gasteiger partial charge in [0.05, 0.1) is 0 Å². The molecule has 0 aliphatic carbocycles. The molecule has 3 heteroatoms. The summed E-state index contributed by atoms with van der Waals surface area (Å²) in [6.07, 6.45) is 0. The molecular weight excluding hydrogens is 43.8 g/mol. The fraction of sp³-hybridized carbons (Fsp3) is 0. The Hall–Kier alpha value is 0.152. The molecule has 0 unspecified atom stereocenters. The van der Waals surface area contributed by atoms with Crippen LogP contribution in [-0.4, -0.2) is 26.7 Å². The van der Waals surface area contributed by atoms with Gasteiger partial charge in [0.25, 0.3) is 0 Å². The summed E-state index contributed by atoms with van der Waals surface area (Å²) >= 11 is 0. The van der Waals surface area contributed by atoms with Gasteiger partial charge in [0.15, 0.2) is 0 Å². The monoisotopic (exact) mass is 47.1 g/mol. The molecule has 0 heterocycles. The van der Waals surface area contributed by atoms with E-state index < -0.39 is 0 Å². The van der Waals surface area contributed by atoms with Crippen LogP contribution in [0.5, 0.6) is 0 Å². The molecule has 0 bridgehead atoms. The summed E-state index contributed by atoms with van der Waals surface area (Å²) in [6, 6.07) is 0. The standard InChI is InChI=1S/CH2BN.Li.H/c2-1-3;;/h2H2;;. The normalized spacial score (nSPS) is 1.75. The molecule has 0 aromatic carbocycles. The van der Waals surface area contributed by atoms with Gasteiger partial charge >= 0.3 is 18.9 Å². The summed E-state index contributed by atoms with van der Waals surface area (Å²) in [5.41, 5.74) is 0. The fourth-order valence-corrected chi connectivity index (χ4v) is 0. The van der Waals surface area contributed by atoms with Gasteiger partial charge in [0.1, 0.15) is 0 Å². The summed E-state index contributed by atoms with van der Waals surface area (Å²) in [4.78, 5) is 0. The first-order chi connectivity index (χ1) is 1.41. The van der Waals surface area contributed by atoms with Gasteiger partial charge in [0, 0.05) is 0 Å². The molecule has 0 saturated heterocycles. The average Bonchev–Trinajstić information content (AvgIpc) is 0.918. The maximum atomic E-state index is 7.32. The molecule has 0 N–H and O–H groups in total. The Labute approximate surface area is 38.6 Å². The van der Waals surface area contributed by atoms with Gasteiger partial charge in [-0.1, -0.05) is 0 Å². The third kappa shape index (κ3) is 123. The molecule has 0 fully saturated rings. The Morgan fingerprint density at radius 2 is 1.75 bits per heavy atom. The molecule has 0 aromatic rings. The quantitative estimate of drug-likeness (QED) is 0.303. The molecule has 0 aliphatic heterocycles. The van der Waals surface area contributed by atoms with Gasteiger partial charge in [-0.25, -0.2) is 5.26 Å². The van der Waals surface area contributed by atoms with E-state index in [2.05, 4.69) is 0 Å². The van der Waals surface area contributed by atoms with Crippen molar-refractivity contribution < 1.29 is 0 Å². The van der Waals surface area contributed by atoms with Crippen LogP contribution in [-0.2, 0) is 0 Å². The van der Waals surface area contributed by atoms with Crippen LogP contribution in [0.3, 0.4) is 0 Å². The second kappa shape index (κ2) is 11.0. The minimum absolute atomic E-state index is 0. The van der Waals surface area contributed by atoms with Gasteiger partial charge in [-0.15, -0.1) is 0 Å². The van der Waals surface area contributed by atoms with Gasteiger partial charge < -0.3 is 0 Å². The number of hydrogen-bond donors (Lipinski definition) is 0. The molecule has 0 radical (unpaired) electrons. The van der Waals surface area contributed by atoms with E-state index in [1.54, 1.807) is 5.97 Å². The average molecular weight is 46.8 g/mol. The van der Waals surface area contributed by atoms with Crippen molar-refractivity contribution in [1.29, 1.82) is 5.26 Å². The third-order valence-corrected chi connectivity index (χ3v) is 0. The summed E-state index contributed by atoms with van der Waals surface area (Å²) in [6.45, 7) is 0. The molecule has 4 heavy (non-hydrogen) atoms. The van der Waals surface area contributed by atoms with Crippen molar-refractivity contribution in [2.24, 2.45) is 0 Å². The molecule has 0 amide bonds. The van der Waals surface area contributed by atoms with E-state index in [-0.39, 0.29) is 18.9 Å². The first kappa shape index (κ1) is 8.91. The van der Waals surface area contributed by atoms with Crippen molar-refractivity contribution in [3.63, 3.8) is 0 Å². The minimum atomic E-state index is 0. The number of nitriles is 1. The Balaban J connectivity index is 0. The van der Waals surface area contributed by atoms with E-state index in [0.29, 0.717) is 0 Å². The molecule has 0 rings (SSSR count). The number of rotatable bonds is 0. The summed E-state index contributed by atoms with van der Waals surface area (Å²) in [5.74, 6) is 1.75. The zero-order valence-electron chi connectivity index (χ0n) is 1.95. The molecule has 0 aromatic heterocycles. The van der Waals surface area contributed by atoms with Crippen LogP contribution < -0.4 is 0 Å². The van der Waals surface area contributed by atoms with Crippen molar-refractivity contribution in [3.8, 4) is 5.97 Å². The second-order valence-electron chi connectivity index (χ2n) is 0.224. The van der Waals surface area contributed by atoms with Crippen LogP contribution in [0.25, 0.3) is 0 Å². The van der Waals surface area contributed by atoms with Gasteiger partial charge in [0.2, 0.25) is 7.85 Å². The van der Waals surface area contributed by atoms with Crippen LogP contribution in [0, 0.1) is 11.2 Å². The van der Waals surface area contributed by atoms with Crippen LogP contribution in [0.1, 0.15) is 0 Å². The first-order valence-electron chi connectivity index (χ1n) is 0.724. The zero-order valence-corrected chi connectivity index (χ0v) is 1.95. The number of nitrogens with zero attached hydrogens (tertiary/aromatic N) is 1. The van der Waals surface area contributed by atoms with E-state index >= 15 is 0 Å². The van der Waals surface area contributed by atoms with Crippen molar-refractivity contribution in [3.05, 3.63) is 0 Å². The van der Waals surface area contributed by atoms with E-state index in [9.17, 15) is 0 Å². The Morgan fingerprint density at radius 1 is 1.75 bits per heavy atom. The van der Waals surface area contributed by atoms with Crippen molar-refractivity contribution in [2.75, 3.05) is 0 Å². The van der Waals surface area contributed by atoms with Crippen LogP contribution in [0.4, 0.5) is 0 Å². The zero-order chi connectivity index (χ0) is 2.71. The summed E-state index contributed by atoms with van der Waals surface area (Å²) in [5, 5.41) is 7.32. The molecule has 0 aliphatic rings. The fourth-order valence-electron chi connectivity index (χ4n) is 0. The molecule has 0 spiro atoms. The van der Waals surface area contributed by atoms with Crippen molar-refractivity contribution >= 4 is 26.7 Å².